The van der Waals surface area contributed by atoms with E-state index in [1.54, 1.807) is 6.20 Å². The Hall–Kier alpha value is -9.52. The van der Waals surface area contributed by atoms with Crippen LogP contribution in [0, 0.1) is 0 Å². The molecule has 326 valence electrons. The highest BCUT2D eigenvalue weighted by Gasteiger charge is 2.19. The first-order valence-corrected chi connectivity index (χ1v) is 23.5. The standard InChI is InChI=1S/C64H37N3O3/c1-3-14-57-49(8-1)51-12-5-10-46(62(51)68-57)40-21-17-38(18-22-40)43-27-31-55-53(36-43)54-37-44(39-19-23-41(24-20-39)47-11-6-13-52-50-9-2-4-15-58(50)69-63(47)52)28-32-56(54)67(55)45-29-25-42(26-30-45)48-33-35-66-61-60-59(70-64(48)61)16-7-34-65-60/h1-37H. The molecule has 0 atom stereocenters. The maximum atomic E-state index is 6.42. The van der Waals surface area contributed by atoms with Crippen LogP contribution < -0.4 is 0 Å². The maximum Gasteiger partial charge on any atom is 0.163 e. The Morgan fingerprint density at radius 1 is 0.286 bits per heavy atom. The molecule has 0 N–H and O–H groups in total. The molecule has 6 heterocycles. The molecule has 15 rings (SSSR count). The van der Waals surface area contributed by atoms with Crippen LogP contribution in [0.5, 0.6) is 0 Å². The molecule has 0 fully saturated rings. The fourth-order valence-electron chi connectivity index (χ4n) is 10.8. The summed E-state index contributed by atoms with van der Waals surface area (Å²) in [6.45, 7) is 0. The molecule has 9 aromatic carbocycles. The third kappa shape index (κ3) is 5.87. The fraction of sp³-hybridized carbons (Fsp3) is 0. The van der Waals surface area contributed by atoms with E-state index in [-0.39, 0.29) is 0 Å². The first-order valence-electron chi connectivity index (χ1n) is 23.5. The van der Waals surface area contributed by atoms with Crippen LogP contribution in [0.15, 0.2) is 238 Å². The molecule has 0 aliphatic rings. The second-order valence-corrected chi connectivity index (χ2v) is 18.1. The van der Waals surface area contributed by atoms with Crippen molar-refractivity contribution in [3.63, 3.8) is 0 Å². The Labute approximate surface area is 399 Å². The number of nitrogens with zero attached hydrogens (tertiary/aromatic N) is 3. The van der Waals surface area contributed by atoms with E-state index in [9.17, 15) is 0 Å². The summed E-state index contributed by atoms with van der Waals surface area (Å²) < 4.78 is 21.5. The first-order chi connectivity index (χ1) is 34.7. The monoisotopic (exact) mass is 895 g/mol. The van der Waals surface area contributed by atoms with Gasteiger partial charge in [0.2, 0.25) is 0 Å². The van der Waals surface area contributed by atoms with E-state index < -0.39 is 0 Å². The molecule has 0 bridgehead atoms. The van der Waals surface area contributed by atoms with Crippen molar-refractivity contribution in [1.82, 2.24) is 14.5 Å². The Bertz CT molecular complexity index is 4360. The molecule has 0 saturated carbocycles. The van der Waals surface area contributed by atoms with E-state index >= 15 is 0 Å². The lowest BCUT2D eigenvalue weighted by Crippen LogP contribution is -1.94. The van der Waals surface area contributed by atoms with E-state index in [0.29, 0.717) is 0 Å². The fourth-order valence-corrected chi connectivity index (χ4v) is 10.8. The van der Waals surface area contributed by atoms with Crippen LogP contribution in [-0.2, 0) is 0 Å². The predicted molar refractivity (Wildman–Crippen MR) is 285 cm³/mol. The van der Waals surface area contributed by atoms with Crippen molar-refractivity contribution in [1.29, 1.82) is 0 Å². The number of para-hydroxylation sites is 4. The topological polar surface area (TPSA) is 70.1 Å². The Morgan fingerprint density at radius 3 is 1.30 bits per heavy atom. The number of pyridine rings is 2. The van der Waals surface area contributed by atoms with Gasteiger partial charge in [0.05, 0.1) is 11.0 Å². The van der Waals surface area contributed by atoms with Gasteiger partial charge < -0.3 is 17.8 Å². The smallest absolute Gasteiger partial charge is 0.163 e. The first kappa shape index (κ1) is 38.6. The van der Waals surface area contributed by atoms with Crippen LogP contribution in [0.4, 0.5) is 0 Å². The van der Waals surface area contributed by atoms with Crippen LogP contribution in [0.3, 0.4) is 0 Å². The van der Waals surface area contributed by atoms with Crippen molar-refractivity contribution in [3.05, 3.63) is 225 Å². The molecule has 6 aromatic heterocycles. The van der Waals surface area contributed by atoms with Crippen molar-refractivity contribution >= 4 is 87.9 Å². The SMILES string of the molecule is c1ccc2c(c1)oc1c(-c3ccc(-c4ccc5c(c4)c4cc(-c6ccc(-c7cccc8c7oc7ccccc78)cc6)ccc4n5-c4ccc(-c5ccnc6c5oc5cccnc56)cc4)cc3)cccc12. The summed E-state index contributed by atoms with van der Waals surface area (Å²) >= 11 is 0. The molecule has 0 saturated heterocycles. The third-order valence-corrected chi connectivity index (χ3v) is 14.2. The highest BCUT2D eigenvalue weighted by atomic mass is 16.3. The molecule has 0 unspecified atom stereocenters. The van der Waals surface area contributed by atoms with Gasteiger partial charge in [-0.3, -0.25) is 9.97 Å². The minimum absolute atomic E-state index is 0.727. The highest BCUT2D eigenvalue weighted by Crippen LogP contribution is 2.42. The zero-order valence-corrected chi connectivity index (χ0v) is 37.4. The summed E-state index contributed by atoms with van der Waals surface area (Å²) in [6.07, 6.45) is 3.61. The molecule has 0 radical (unpaired) electrons. The number of aromatic nitrogens is 3. The minimum atomic E-state index is 0.727. The summed E-state index contributed by atoms with van der Waals surface area (Å²) in [4.78, 5) is 9.20. The van der Waals surface area contributed by atoms with Crippen molar-refractivity contribution in [3.8, 4) is 61.3 Å². The largest absolute Gasteiger partial charge is 0.455 e. The van der Waals surface area contributed by atoms with Crippen molar-refractivity contribution in [2.45, 2.75) is 0 Å². The summed E-state index contributed by atoms with van der Waals surface area (Å²) in [6, 6.07) is 75.3. The number of hydrogen-bond donors (Lipinski definition) is 0. The van der Waals surface area contributed by atoms with Crippen LogP contribution in [0.2, 0.25) is 0 Å². The van der Waals surface area contributed by atoms with Crippen LogP contribution >= 0.6 is 0 Å². The van der Waals surface area contributed by atoms with Gasteiger partial charge in [-0.15, -0.1) is 0 Å². The van der Waals surface area contributed by atoms with E-state index in [2.05, 4.69) is 184 Å². The molecule has 0 aliphatic heterocycles. The number of furan rings is 3. The normalized spacial score (nSPS) is 12.0. The van der Waals surface area contributed by atoms with E-state index in [1.165, 1.54) is 10.8 Å². The number of hydrogen-bond acceptors (Lipinski definition) is 5. The molecule has 0 amide bonds. The predicted octanol–water partition coefficient (Wildman–Crippen LogP) is 17.6. The van der Waals surface area contributed by atoms with Crippen molar-refractivity contribution < 1.29 is 13.3 Å². The molecule has 6 heteroatoms. The van der Waals surface area contributed by atoms with Crippen LogP contribution in [0.1, 0.15) is 0 Å². The maximum absolute atomic E-state index is 6.42. The molecule has 0 spiro atoms. The summed E-state index contributed by atoms with van der Waals surface area (Å²) in [5.41, 5.74) is 20.9. The van der Waals surface area contributed by atoms with Gasteiger partial charge in [0, 0.05) is 67.1 Å². The second kappa shape index (κ2) is 15.0. The molecular formula is C64H37N3O3. The average Bonchev–Trinajstić information content (AvgIpc) is 4.20. The zero-order chi connectivity index (χ0) is 45.9. The second-order valence-electron chi connectivity index (χ2n) is 18.1. The van der Waals surface area contributed by atoms with E-state index in [4.69, 9.17) is 13.3 Å². The molecular weight excluding hydrogens is 859 g/mol. The average molecular weight is 896 g/mol. The number of rotatable bonds is 6. The third-order valence-electron chi connectivity index (χ3n) is 14.2. The Morgan fingerprint density at radius 2 is 0.729 bits per heavy atom. The highest BCUT2D eigenvalue weighted by molar-refractivity contribution is 6.13. The summed E-state index contributed by atoms with van der Waals surface area (Å²) in [5.74, 6) is 0. The van der Waals surface area contributed by atoms with Crippen molar-refractivity contribution in [2.75, 3.05) is 0 Å². The van der Waals surface area contributed by atoms with Gasteiger partial charge in [-0.2, -0.15) is 0 Å². The minimum Gasteiger partial charge on any atom is -0.455 e. The van der Waals surface area contributed by atoms with Gasteiger partial charge in [0.25, 0.3) is 0 Å². The van der Waals surface area contributed by atoms with E-state index in [1.807, 2.05) is 48.7 Å². The molecule has 70 heavy (non-hydrogen) atoms. The molecule has 0 aliphatic carbocycles. The number of fused-ring (bicyclic) bond motifs is 12. The quantitative estimate of drug-likeness (QED) is 0.166. The molecule has 15 aromatic rings. The number of benzene rings is 9. The summed E-state index contributed by atoms with van der Waals surface area (Å²) in [5, 5.41) is 6.87. The van der Waals surface area contributed by atoms with Crippen LogP contribution in [0.25, 0.3) is 149 Å². The lowest BCUT2D eigenvalue weighted by molar-refractivity contribution is 0.668. The lowest BCUT2D eigenvalue weighted by Gasteiger charge is -2.11. The van der Waals surface area contributed by atoms with Gasteiger partial charge in [-0.25, -0.2) is 0 Å². The summed E-state index contributed by atoms with van der Waals surface area (Å²) in [7, 11) is 0. The Kier molecular flexibility index (Phi) is 8.26. The van der Waals surface area contributed by atoms with Gasteiger partial charge >= 0.3 is 0 Å². The van der Waals surface area contributed by atoms with Gasteiger partial charge in [0.15, 0.2) is 11.2 Å². The van der Waals surface area contributed by atoms with Crippen LogP contribution in [-0.4, -0.2) is 14.5 Å². The van der Waals surface area contributed by atoms with Gasteiger partial charge in [-0.1, -0.05) is 146 Å². The van der Waals surface area contributed by atoms with Gasteiger partial charge in [0.1, 0.15) is 33.4 Å². The molecule has 6 nitrogen and oxygen atoms in total. The van der Waals surface area contributed by atoms with Crippen molar-refractivity contribution in [2.24, 2.45) is 0 Å². The van der Waals surface area contributed by atoms with Gasteiger partial charge in [-0.05, 0) is 106 Å². The lowest BCUT2D eigenvalue weighted by atomic mass is 9.97. The zero-order valence-electron chi connectivity index (χ0n) is 37.4. The van der Waals surface area contributed by atoms with E-state index in [0.717, 1.165) is 138 Å². The Balaban J connectivity index is 0.842.